The lowest BCUT2D eigenvalue weighted by molar-refractivity contribution is -0.149. The molecule has 0 aliphatic carbocycles. The smallest absolute Gasteiger partial charge is 0.398 e. The van der Waals surface area contributed by atoms with Gasteiger partial charge in [-0.1, -0.05) is 6.07 Å². The quantitative estimate of drug-likeness (QED) is 0.850. The lowest BCUT2D eigenvalue weighted by Gasteiger charge is -2.35. The van der Waals surface area contributed by atoms with Crippen LogP contribution in [0.1, 0.15) is 5.56 Å². The molecule has 2 N–H and O–H groups in total. The second kappa shape index (κ2) is 6.32. The Morgan fingerprint density at radius 2 is 1.70 bits per heavy atom. The Balaban J connectivity index is 1.83. The van der Waals surface area contributed by atoms with Gasteiger partial charge in [0.05, 0.1) is 6.54 Å². The van der Waals surface area contributed by atoms with Gasteiger partial charge in [0.2, 0.25) is 0 Å². The summed E-state index contributed by atoms with van der Waals surface area (Å²) in [5.41, 5.74) is 7.52. The van der Waals surface area contributed by atoms with Crippen molar-refractivity contribution >= 4 is 21.6 Å². The molecule has 2 rings (SSSR count). The van der Waals surface area contributed by atoms with Crippen molar-refractivity contribution in [1.29, 1.82) is 0 Å². The Kier molecular flexibility index (Phi) is 4.93. The summed E-state index contributed by atoms with van der Waals surface area (Å²) in [6.45, 7) is 2.13. The number of hydrogen-bond donors (Lipinski definition) is 1. The van der Waals surface area contributed by atoms with Crippen molar-refractivity contribution in [3.63, 3.8) is 0 Å². The summed E-state index contributed by atoms with van der Waals surface area (Å²) >= 11 is 3.38. The number of halogens is 4. The van der Waals surface area contributed by atoms with E-state index in [1.54, 1.807) is 0 Å². The SMILES string of the molecule is Nc1ccc(CN2CCN(CC(F)(F)F)CC2)cc1Br. The summed E-state index contributed by atoms with van der Waals surface area (Å²) < 4.78 is 37.7. The molecule has 1 aromatic rings. The second-order valence-corrected chi connectivity index (χ2v) is 5.88. The van der Waals surface area contributed by atoms with Crippen molar-refractivity contribution in [2.45, 2.75) is 12.7 Å². The molecule has 0 aromatic heterocycles. The van der Waals surface area contributed by atoms with E-state index in [9.17, 15) is 13.2 Å². The molecule has 1 aromatic carbocycles. The molecular formula is C13H17BrF3N3. The summed E-state index contributed by atoms with van der Waals surface area (Å²) in [7, 11) is 0. The Morgan fingerprint density at radius 1 is 1.10 bits per heavy atom. The molecule has 1 aliphatic rings. The van der Waals surface area contributed by atoms with Gasteiger partial charge < -0.3 is 5.73 Å². The van der Waals surface area contributed by atoms with E-state index in [2.05, 4.69) is 20.8 Å². The van der Waals surface area contributed by atoms with Gasteiger partial charge in [-0.2, -0.15) is 13.2 Å². The fourth-order valence-electron chi connectivity index (χ4n) is 2.29. The first-order valence-electron chi connectivity index (χ1n) is 6.39. The molecule has 7 heteroatoms. The number of nitrogens with zero attached hydrogens (tertiary/aromatic N) is 2. The van der Waals surface area contributed by atoms with Gasteiger partial charge in [-0.15, -0.1) is 0 Å². The molecule has 1 fully saturated rings. The van der Waals surface area contributed by atoms with Crippen molar-refractivity contribution < 1.29 is 13.2 Å². The monoisotopic (exact) mass is 351 g/mol. The lowest BCUT2D eigenvalue weighted by Crippen LogP contribution is -2.48. The van der Waals surface area contributed by atoms with E-state index in [0.717, 1.165) is 16.6 Å². The average molecular weight is 352 g/mol. The number of rotatable bonds is 3. The van der Waals surface area contributed by atoms with E-state index in [-0.39, 0.29) is 0 Å². The lowest BCUT2D eigenvalue weighted by atomic mass is 10.2. The predicted octanol–water partition coefficient (Wildman–Crippen LogP) is 2.71. The number of benzene rings is 1. The third kappa shape index (κ3) is 4.64. The Bertz CT molecular complexity index is 457. The first-order valence-corrected chi connectivity index (χ1v) is 7.18. The number of alkyl halides is 3. The molecule has 0 bridgehead atoms. The molecule has 0 spiro atoms. The van der Waals surface area contributed by atoms with E-state index in [4.69, 9.17) is 5.73 Å². The maximum absolute atomic E-state index is 12.3. The number of hydrogen-bond acceptors (Lipinski definition) is 3. The van der Waals surface area contributed by atoms with Gasteiger partial charge in [0, 0.05) is 42.9 Å². The van der Waals surface area contributed by atoms with Crippen LogP contribution in [0, 0.1) is 0 Å². The number of nitrogens with two attached hydrogens (primary N) is 1. The third-order valence-electron chi connectivity index (χ3n) is 3.34. The molecule has 0 amide bonds. The standard InChI is InChI=1S/C13H17BrF3N3/c14-11-7-10(1-2-12(11)18)8-19-3-5-20(6-4-19)9-13(15,16)17/h1-2,7H,3-6,8-9,18H2. The fraction of sp³-hybridized carbons (Fsp3) is 0.538. The third-order valence-corrected chi connectivity index (χ3v) is 4.03. The van der Waals surface area contributed by atoms with Gasteiger partial charge in [-0.3, -0.25) is 9.80 Å². The second-order valence-electron chi connectivity index (χ2n) is 5.02. The van der Waals surface area contributed by atoms with Gasteiger partial charge >= 0.3 is 6.18 Å². The van der Waals surface area contributed by atoms with Crippen molar-refractivity contribution in [1.82, 2.24) is 9.80 Å². The molecule has 0 saturated carbocycles. The van der Waals surface area contributed by atoms with Crippen LogP contribution in [0.25, 0.3) is 0 Å². The fourth-order valence-corrected chi connectivity index (χ4v) is 2.71. The van der Waals surface area contributed by atoms with Gasteiger partial charge in [-0.25, -0.2) is 0 Å². The van der Waals surface area contributed by atoms with Gasteiger partial charge in [-0.05, 0) is 33.6 Å². The van der Waals surface area contributed by atoms with Crippen LogP contribution in [0.3, 0.4) is 0 Å². The molecule has 1 aliphatic heterocycles. The van der Waals surface area contributed by atoms with E-state index in [1.165, 1.54) is 4.90 Å². The molecule has 0 radical (unpaired) electrons. The van der Waals surface area contributed by atoms with Crippen LogP contribution in [0.5, 0.6) is 0 Å². The van der Waals surface area contributed by atoms with Crippen LogP contribution < -0.4 is 5.73 Å². The van der Waals surface area contributed by atoms with Crippen molar-refractivity contribution in [2.75, 3.05) is 38.5 Å². The Morgan fingerprint density at radius 3 is 2.25 bits per heavy atom. The van der Waals surface area contributed by atoms with Crippen LogP contribution in [0.4, 0.5) is 18.9 Å². The highest BCUT2D eigenvalue weighted by molar-refractivity contribution is 9.10. The van der Waals surface area contributed by atoms with Crippen LogP contribution in [0.2, 0.25) is 0 Å². The van der Waals surface area contributed by atoms with E-state index < -0.39 is 12.7 Å². The Labute approximate surface area is 124 Å². The molecule has 3 nitrogen and oxygen atoms in total. The summed E-state index contributed by atoms with van der Waals surface area (Å²) in [6, 6.07) is 5.74. The minimum absolute atomic E-state index is 0.454. The molecule has 112 valence electrons. The zero-order valence-corrected chi connectivity index (χ0v) is 12.5. The van der Waals surface area contributed by atoms with Crippen LogP contribution in [0.15, 0.2) is 22.7 Å². The maximum atomic E-state index is 12.3. The van der Waals surface area contributed by atoms with Gasteiger partial charge in [0.1, 0.15) is 0 Å². The molecular weight excluding hydrogens is 335 g/mol. The van der Waals surface area contributed by atoms with Crippen molar-refractivity contribution in [2.24, 2.45) is 0 Å². The number of anilines is 1. The molecule has 0 atom stereocenters. The van der Waals surface area contributed by atoms with E-state index in [0.29, 0.717) is 31.9 Å². The zero-order valence-electron chi connectivity index (χ0n) is 11.0. The predicted molar refractivity (Wildman–Crippen MR) is 76.3 cm³/mol. The molecule has 20 heavy (non-hydrogen) atoms. The van der Waals surface area contributed by atoms with E-state index >= 15 is 0 Å². The molecule has 0 unspecified atom stereocenters. The van der Waals surface area contributed by atoms with Gasteiger partial charge in [0.15, 0.2) is 0 Å². The molecule has 1 heterocycles. The summed E-state index contributed by atoms with van der Waals surface area (Å²) in [5, 5.41) is 0. The highest BCUT2D eigenvalue weighted by Crippen LogP contribution is 2.22. The summed E-state index contributed by atoms with van der Waals surface area (Å²) in [4.78, 5) is 3.61. The minimum atomic E-state index is -4.11. The topological polar surface area (TPSA) is 32.5 Å². The highest BCUT2D eigenvalue weighted by atomic mass is 79.9. The molecule has 1 saturated heterocycles. The largest absolute Gasteiger partial charge is 0.401 e. The summed E-state index contributed by atoms with van der Waals surface area (Å²) in [5.74, 6) is 0. The normalized spacial score (nSPS) is 18.4. The van der Waals surface area contributed by atoms with Crippen LogP contribution in [-0.4, -0.2) is 48.7 Å². The average Bonchev–Trinajstić information content (AvgIpc) is 2.35. The number of piperazine rings is 1. The Hall–Kier alpha value is -0.790. The highest BCUT2D eigenvalue weighted by Gasteiger charge is 2.32. The van der Waals surface area contributed by atoms with Crippen LogP contribution in [-0.2, 0) is 6.54 Å². The minimum Gasteiger partial charge on any atom is -0.398 e. The maximum Gasteiger partial charge on any atom is 0.401 e. The first-order chi connectivity index (χ1) is 9.33. The first kappa shape index (κ1) is 15.6. The number of nitrogen functional groups attached to an aromatic ring is 1. The van der Waals surface area contributed by atoms with E-state index in [1.807, 2.05) is 18.2 Å². The zero-order chi connectivity index (χ0) is 14.8. The van der Waals surface area contributed by atoms with Crippen molar-refractivity contribution in [3.05, 3.63) is 28.2 Å². The van der Waals surface area contributed by atoms with Gasteiger partial charge in [0.25, 0.3) is 0 Å². The van der Waals surface area contributed by atoms with Crippen molar-refractivity contribution in [3.8, 4) is 0 Å². The van der Waals surface area contributed by atoms with Crippen LogP contribution >= 0.6 is 15.9 Å². The summed E-state index contributed by atoms with van der Waals surface area (Å²) in [6.07, 6.45) is -4.11.